The summed E-state index contributed by atoms with van der Waals surface area (Å²) in [5, 5.41) is 0. The van der Waals surface area contributed by atoms with Gasteiger partial charge >= 0.3 is 0 Å². The standard InChI is InChI=1S/C15H22N2O3/c1-11(2)20-15-4-3-12(9-13(15)16)14(18)10-17-5-7-19-8-6-17/h3-4,9,11H,5-8,10,16H2,1-2H3. The van der Waals surface area contributed by atoms with E-state index in [2.05, 4.69) is 4.90 Å². The molecule has 20 heavy (non-hydrogen) atoms. The van der Waals surface area contributed by atoms with Crippen molar-refractivity contribution in [2.75, 3.05) is 38.6 Å². The molecule has 5 heteroatoms. The number of morpholine rings is 1. The molecule has 1 fully saturated rings. The molecule has 0 bridgehead atoms. The lowest BCUT2D eigenvalue weighted by Gasteiger charge is -2.25. The lowest BCUT2D eigenvalue weighted by atomic mass is 10.1. The van der Waals surface area contributed by atoms with Gasteiger partial charge in [0, 0.05) is 18.7 Å². The Bertz CT molecular complexity index is 468. The molecule has 0 radical (unpaired) electrons. The number of hydrogen-bond donors (Lipinski definition) is 1. The lowest BCUT2D eigenvalue weighted by Crippen LogP contribution is -2.39. The van der Waals surface area contributed by atoms with Crippen LogP contribution in [-0.4, -0.2) is 49.6 Å². The third-order valence-electron chi connectivity index (χ3n) is 3.17. The molecule has 0 saturated carbocycles. The van der Waals surface area contributed by atoms with E-state index in [-0.39, 0.29) is 11.9 Å². The number of nitrogen functional groups attached to an aromatic ring is 1. The Morgan fingerprint density at radius 1 is 1.40 bits per heavy atom. The average molecular weight is 278 g/mol. The first-order valence-electron chi connectivity index (χ1n) is 6.95. The van der Waals surface area contributed by atoms with E-state index in [1.54, 1.807) is 18.2 Å². The zero-order valence-corrected chi connectivity index (χ0v) is 12.1. The number of carbonyl (C=O) groups is 1. The van der Waals surface area contributed by atoms with Crippen molar-refractivity contribution in [2.45, 2.75) is 20.0 Å². The van der Waals surface area contributed by atoms with Gasteiger partial charge in [-0.25, -0.2) is 0 Å². The van der Waals surface area contributed by atoms with Gasteiger partial charge < -0.3 is 15.2 Å². The molecule has 0 unspecified atom stereocenters. The van der Waals surface area contributed by atoms with Crippen LogP contribution in [0.2, 0.25) is 0 Å². The fraction of sp³-hybridized carbons (Fsp3) is 0.533. The van der Waals surface area contributed by atoms with Gasteiger partial charge in [0.05, 0.1) is 31.5 Å². The van der Waals surface area contributed by atoms with Gasteiger partial charge in [-0.15, -0.1) is 0 Å². The highest BCUT2D eigenvalue weighted by Gasteiger charge is 2.16. The van der Waals surface area contributed by atoms with Gasteiger partial charge in [-0.1, -0.05) is 0 Å². The predicted molar refractivity (Wildman–Crippen MR) is 78.2 cm³/mol. The number of ketones is 1. The molecule has 2 N–H and O–H groups in total. The molecule has 0 amide bonds. The monoisotopic (exact) mass is 278 g/mol. The first-order valence-corrected chi connectivity index (χ1v) is 6.95. The summed E-state index contributed by atoms with van der Waals surface area (Å²) in [6.07, 6.45) is 0.0622. The molecular formula is C15H22N2O3. The molecule has 110 valence electrons. The van der Waals surface area contributed by atoms with E-state index in [9.17, 15) is 4.79 Å². The highest BCUT2D eigenvalue weighted by molar-refractivity contribution is 5.98. The molecule has 1 aromatic carbocycles. The highest BCUT2D eigenvalue weighted by atomic mass is 16.5. The number of anilines is 1. The Morgan fingerprint density at radius 3 is 2.70 bits per heavy atom. The number of benzene rings is 1. The topological polar surface area (TPSA) is 64.8 Å². The van der Waals surface area contributed by atoms with Crippen LogP contribution < -0.4 is 10.5 Å². The molecule has 0 spiro atoms. The van der Waals surface area contributed by atoms with E-state index in [1.165, 1.54) is 0 Å². The van der Waals surface area contributed by atoms with Crippen LogP contribution in [0.4, 0.5) is 5.69 Å². The second-order valence-corrected chi connectivity index (χ2v) is 5.23. The first-order chi connectivity index (χ1) is 9.56. The van der Waals surface area contributed by atoms with Crippen LogP contribution >= 0.6 is 0 Å². The van der Waals surface area contributed by atoms with Crippen molar-refractivity contribution in [1.29, 1.82) is 0 Å². The van der Waals surface area contributed by atoms with Crippen molar-refractivity contribution in [2.24, 2.45) is 0 Å². The van der Waals surface area contributed by atoms with Gasteiger partial charge in [-0.2, -0.15) is 0 Å². The number of nitrogens with zero attached hydrogens (tertiary/aromatic N) is 1. The van der Waals surface area contributed by atoms with E-state index in [4.69, 9.17) is 15.2 Å². The fourth-order valence-electron chi connectivity index (χ4n) is 2.14. The van der Waals surface area contributed by atoms with Crippen molar-refractivity contribution in [3.63, 3.8) is 0 Å². The number of rotatable bonds is 5. The zero-order valence-electron chi connectivity index (χ0n) is 12.1. The summed E-state index contributed by atoms with van der Waals surface area (Å²) in [5.74, 6) is 0.706. The van der Waals surface area contributed by atoms with E-state index in [0.717, 1.165) is 13.1 Å². The molecule has 1 aliphatic rings. The van der Waals surface area contributed by atoms with Gasteiger partial charge in [0.1, 0.15) is 5.75 Å². The largest absolute Gasteiger partial charge is 0.489 e. The Morgan fingerprint density at radius 2 is 2.10 bits per heavy atom. The second-order valence-electron chi connectivity index (χ2n) is 5.23. The molecule has 5 nitrogen and oxygen atoms in total. The normalized spacial score (nSPS) is 16.4. The molecule has 1 aliphatic heterocycles. The minimum absolute atomic E-state index is 0.0622. The molecule has 0 atom stereocenters. The van der Waals surface area contributed by atoms with Gasteiger partial charge in [-0.05, 0) is 32.0 Å². The summed E-state index contributed by atoms with van der Waals surface area (Å²) in [6, 6.07) is 5.24. The number of ether oxygens (including phenoxy) is 2. The lowest BCUT2D eigenvalue weighted by molar-refractivity contribution is 0.0371. The summed E-state index contributed by atoms with van der Waals surface area (Å²) >= 11 is 0. The SMILES string of the molecule is CC(C)Oc1ccc(C(=O)CN2CCOCC2)cc1N. The number of Topliss-reactive ketones (excluding diaryl/α,β-unsaturated/α-hetero) is 1. The van der Waals surface area contributed by atoms with Crippen LogP contribution in [0, 0.1) is 0 Å². The van der Waals surface area contributed by atoms with E-state index in [0.29, 0.717) is 36.8 Å². The van der Waals surface area contributed by atoms with Crippen LogP contribution in [0.3, 0.4) is 0 Å². The molecule has 0 aliphatic carbocycles. The average Bonchev–Trinajstić information content (AvgIpc) is 2.41. The smallest absolute Gasteiger partial charge is 0.176 e. The Labute approximate surface area is 119 Å². The Hall–Kier alpha value is -1.59. The van der Waals surface area contributed by atoms with Gasteiger partial charge in [0.25, 0.3) is 0 Å². The van der Waals surface area contributed by atoms with Crippen molar-refractivity contribution in [3.8, 4) is 5.75 Å². The minimum Gasteiger partial charge on any atom is -0.489 e. The maximum absolute atomic E-state index is 12.2. The van der Waals surface area contributed by atoms with Crippen LogP contribution in [0.1, 0.15) is 24.2 Å². The summed E-state index contributed by atoms with van der Waals surface area (Å²) < 4.78 is 10.8. The van der Waals surface area contributed by atoms with Gasteiger partial charge in [0.2, 0.25) is 0 Å². The maximum atomic E-state index is 12.2. The summed E-state index contributed by atoms with van der Waals surface area (Å²) in [4.78, 5) is 14.3. The predicted octanol–water partition coefficient (Wildman–Crippen LogP) is 1.57. The van der Waals surface area contributed by atoms with Crippen molar-refractivity contribution >= 4 is 11.5 Å². The molecule has 1 saturated heterocycles. The highest BCUT2D eigenvalue weighted by Crippen LogP contribution is 2.24. The van der Waals surface area contributed by atoms with Crippen molar-refractivity contribution in [3.05, 3.63) is 23.8 Å². The van der Waals surface area contributed by atoms with Gasteiger partial charge in [-0.3, -0.25) is 9.69 Å². The van der Waals surface area contributed by atoms with E-state index >= 15 is 0 Å². The quantitative estimate of drug-likeness (QED) is 0.654. The third-order valence-corrected chi connectivity index (χ3v) is 3.17. The van der Waals surface area contributed by atoms with Crippen LogP contribution in [0.25, 0.3) is 0 Å². The van der Waals surface area contributed by atoms with Crippen LogP contribution in [0.5, 0.6) is 5.75 Å². The van der Waals surface area contributed by atoms with Crippen molar-refractivity contribution < 1.29 is 14.3 Å². The number of hydrogen-bond acceptors (Lipinski definition) is 5. The Balaban J connectivity index is 2.01. The summed E-state index contributed by atoms with van der Waals surface area (Å²) in [6.45, 7) is 7.28. The zero-order chi connectivity index (χ0) is 14.5. The van der Waals surface area contributed by atoms with Crippen LogP contribution in [-0.2, 0) is 4.74 Å². The maximum Gasteiger partial charge on any atom is 0.176 e. The molecule has 0 aromatic heterocycles. The minimum atomic E-state index is 0.0622. The number of nitrogens with two attached hydrogens (primary N) is 1. The fourth-order valence-corrected chi connectivity index (χ4v) is 2.14. The van der Waals surface area contributed by atoms with E-state index < -0.39 is 0 Å². The summed E-state index contributed by atoms with van der Waals surface area (Å²) in [5.41, 5.74) is 7.07. The molecule has 1 heterocycles. The van der Waals surface area contributed by atoms with Gasteiger partial charge in [0.15, 0.2) is 5.78 Å². The Kier molecular flexibility index (Phi) is 4.98. The van der Waals surface area contributed by atoms with Crippen molar-refractivity contribution in [1.82, 2.24) is 4.90 Å². The van der Waals surface area contributed by atoms with E-state index in [1.807, 2.05) is 13.8 Å². The molecular weight excluding hydrogens is 256 g/mol. The number of carbonyl (C=O) groups excluding carboxylic acids is 1. The third kappa shape index (κ3) is 3.95. The van der Waals surface area contributed by atoms with Crippen LogP contribution in [0.15, 0.2) is 18.2 Å². The summed E-state index contributed by atoms with van der Waals surface area (Å²) in [7, 11) is 0. The molecule has 2 rings (SSSR count). The first kappa shape index (κ1) is 14.8. The molecule has 1 aromatic rings. The second kappa shape index (κ2) is 6.72.